The number of nitrogens with zero attached hydrogens (tertiary/aromatic N) is 5. The molecule has 0 saturated heterocycles. The maximum Gasteiger partial charge on any atom is 0.284 e. The first-order valence-corrected chi connectivity index (χ1v) is 10.3. The zero-order valence-electron chi connectivity index (χ0n) is 15.0. The molecule has 0 radical (unpaired) electrons. The molecule has 3 rings (SSSR count). The summed E-state index contributed by atoms with van der Waals surface area (Å²) in [5.41, 5.74) is 1.69. The molecular weight excluding hydrogens is 366 g/mol. The molecule has 0 N–H and O–H groups in total. The van der Waals surface area contributed by atoms with Crippen LogP contribution in [0.3, 0.4) is 0 Å². The summed E-state index contributed by atoms with van der Waals surface area (Å²) < 4.78 is 1.83. The van der Waals surface area contributed by atoms with E-state index in [1.807, 2.05) is 72.6 Å². The van der Waals surface area contributed by atoms with E-state index in [4.69, 9.17) is 0 Å². The first-order valence-electron chi connectivity index (χ1n) is 7.86. The Hall–Kier alpha value is -2.32. The number of benzene rings is 1. The van der Waals surface area contributed by atoms with E-state index in [0.29, 0.717) is 21.9 Å². The second-order valence-electron chi connectivity index (χ2n) is 5.69. The van der Waals surface area contributed by atoms with E-state index < -0.39 is 0 Å². The van der Waals surface area contributed by atoms with E-state index >= 15 is 0 Å². The van der Waals surface area contributed by atoms with Gasteiger partial charge in [0.1, 0.15) is 11.7 Å². The normalized spacial score (nSPS) is 11.4. The van der Waals surface area contributed by atoms with Gasteiger partial charge in [0.15, 0.2) is 10.8 Å². The molecule has 0 aliphatic carbocycles. The molecule has 2 heterocycles. The van der Waals surface area contributed by atoms with E-state index in [1.54, 1.807) is 11.8 Å². The van der Waals surface area contributed by atoms with E-state index in [2.05, 4.69) is 15.0 Å². The molecule has 0 aliphatic heterocycles. The lowest BCUT2D eigenvalue weighted by Gasteiger charge is -2.12. The van der Waals surface area contributed by atoms with Crippen LogP contribution in [0.2, 0.25) is 0 Å². The first-order chi connectivity index (χ1) is 12.5. The van der Waals surface area contributed by atoms with Crippen molar-refractivity contribution in [1.82, 2.24) is 24.4 Å². The van der Waals surface area contributed by atoms with E-state index in [-0.39, 0.29) is 5.56 Å². The van der Waals surface area contributed by atoms with Crippen molar-refractivity contribution in [2.24, 2.45) is 0 Å². The van der Waals surface area contributed by atoms with Crippen LogP contribution < -0.4 is 5.56 Å². The van der Waals surface area contributed by atoms with Gasteiger partial charge < -0.3 is 4.90 Å². The Labute approximate surface area is 160 Å². The lowest BCUT2D eigenvalue weighted by Crippen LogP contribution is -2.15. The molecule has 2 aromatic heterocycles. The Balaban J connectivity index is 2.29. The van der Waals surface area contributed by atoms with Gasteiger partial charge in [0.05, 0.1) is 5.69 Å². The molecule has 1 aromatic carbocycles. The molecule has 0 fully saturated rings. The van der Waals surface area contributed by atoms with Crippen molar-refractivity contribution < 1.29 is 0 Å². The van der Waals surface area contributed by atoms with Crippen molar-refractivity contribution in [3.63, 3.8) is 0 Å². The second kappa shape index (κ2) is 7.92. The van der Waals surface area contributed by atoms with Gasteiger partial charge in [-0.25, -0.2) is 9.97 Å². The molecule has 26 heavy (non-hydrogen) atoms. The summed E-state index contributed by atoms with van der Waals surface area (Å²) >= 11 is 3.12. The van der Waals surface area contributed by atoms with Gasteiger partial charge in [-0.05, 0) is 42.9 Å². The predicted molar refractivity (Wildman–Crippen MR) is 109 cm³/mol. The average Bonchev–Trinajstić information content (AvgIpc) is 2.66. The Morgan fingerprint density at radius 2 is 1.81 bits per heavy atom. The van der Waals surface area contributed by atoms with Gasteiger partial charge in [-0.2, -0.15) is 4.98 Å². The standard InChI is InChI=1S/C18H19N5OS2/c1-22(2)10-9-14-15-16(21-18(20-14)26-4)23(11-19-17(15)24)12-5-7-13(25-3)8-6-12/h5-11H,1-4H3. The van der Waals surface area contributed by atoms with Crippen molar-refractivity contribution in [2.75, 3.05) is 26.6 Å². The van der Waals surface area contributed by atoms with E-state index in [1.165, 1.54) is 23.0 Å². The summed E-state index contributed by atoms with van der Waals surface area (Å²) in [6.07, 6.45) is 9.14. The zero-order chi connectivity index (χ0) is 18.7. The molecule has 6 nitrogen and oxygen atoms in total. The third kappa shape index (κ3) is 3.76. The van der Waals surface area contributed by atoms with Gasteiger partial charge in [-0.1, -0.05) is 11.8 Å². The van der Waals surface area contributed by atoms with Crippen LogP contribution in [-0.4, -0.2) is 51.0 Å². The average molecular weight is 386 g/mol. The van der Waals surface area contributed by atoms with Crippen LogP contribution in [0, 0.1) is 0 Å². The highest BCUT2D eigenvalue weighted by atomic mass is 32.2. The smallest absolute Gasteiger partial charge is 0.284 e. The molecule has 0 atom stereocenters. The van der Waals surface area contributed by atoms with Gasteiger partial charge in [-0.3, -0.25) is 9.36 Å². The third-order valence-electron chi connectivity index (χ3n) is 3.69. The maximum absolute atomic E-state index is 12.5. The Morgan fingerprint density at radius 1 is 1.08 bits per heavy atom. The minimum absolute atomic E-state index is 0.331. The highest BCUT2D eigenvalue weighted by molar-refractivity contribution is 7.98. The molecular formula is C18H19N5OS2. The van der Waals surface area contributed by atoms with Crippen molar-refractivity contribution in [2.45, 2.75) is 10.1 Å². The van der Waals surface area contributed by atoms with E-state index in [0.717, 1.165) is 5.69 Å². The molecule has 134 valence electrons. The molecule has 0 spiro atoms. The SMILES string of the molecule is CSc1ccc(-n2cnc(=O)c3c(C=CN(C)C)nc(SC)nc32)cc1. The molecule has 0 saturated carbocycles. The maximum atomic E-state index is 12.5. The molecule has 0 unspecified atom stereocenters. The lowest BCUT2D eigenvalue weighted by molar-refractivity contribution is 0.567. The van der Waals surface area contributed by atoms with Crippen LogP contribution in [0.4, 0.5) is 0 Å². The van der Waals surface area contributed by atoms with Gasteiger partial charge in [0.25, 0.3) is 5.56 Å². The molecule has 0 aliphatic rings. The first kappa shape index (κ1) is 18.5. The molecule has 0 amide bonds. The lowest BCUT2D eigenvalue weighted by atomic mass is 10.2. The minimum atomic E-state index is -0.331. The number of fused-ring (bicyclic) bond motifs is 1. The van der Waals surface area contributed by atoms with Crippen LogP contribution in [0.1, 0.15) is 5.69 Å². The molecule has 8 heteroatoms. The van der Waals surface area contributed by atoms with Crippen molar-refractivity contribution in [1.29, 1.82) is 0 Å². The Morgan fingerprint density at radius 3 is 2.42 bits per heavy atom. The fourth-order valence-corrected chi connectivity index (χ4v) is 3.19. The van der Waals surface area contributed by atoms with Gasteiger partial charge in [-0.15, -0.1) is 11.8 Å². The largest absolute Gasteiger partial charge is 0.383 e. The number of rotatable bonds is 5. The highest BCUT2D eigenvalue weighted by Crippen LogP contribution is 2.22. The zero-order valence-corrected chi connectivity index (χ0v) is 16.6. The second-order valence-corrected chi connectivity index (χ2v) is 7.34. The fourth-order valence-electron chi connectivity index (χ4n) is 2.42. The van der Waals surface area contributed by atoms with Crippen molar-refractivity contribution >= 4 is 40.6 Å². The van der Waals surface area contributed by atoms with Crippen LogP contribution >= 0.6 is 23.5 Å². The monoisotopic (exact) mass is 385 g/mol. The summed E-state index contributed by atoms with van der Waals surface area (Å²) in [5, 5.41) is 1.02. The number of hydrogen-bond acceptors (Lipinski definition) is 7. The number of aromatic nitrogens is 4. The van der Waals surface area contributed by atoms with Gasteiger partial charge >= 0.3 is 0 Å². The van der Waals surface area contributed by atoms with Crippen LogP contribution in [0.15, 0.2) is 51.6 Å². The van der Waals surface area contributed by atoms with E-state index in [9.17, 15) is 4.79 Å². The molecule has 3 aromatic rings. The number of thioether (sulfide) groups is 2. The highest BCUT2D eigenvalue weighted by Gasteiger charge is 2.14. The summed E-state index contributed by atoms with van der Waals surface area (Å²) in [6, 6.07) is 8.06. The van der Waals surface area contributed by atoms with Crippen LogP contribution in [-0.2, 0) is 0 Å². The quantitative estimate of drug-likeness (QED) is 0.494. The summed E-state index contributed by atoms with van der Waals surface area (Å²) in [4.78, 5) is 28.6. The topological polar surface area (TPSA) is 63.9 Å². The summed E-state index contributed by atoms with van der Waals surface area (Å²) in [6.45, 7) is 0. The van der Waals surface area contributed by atoms with Gasteiger partial charge in [0, 0.05) is 30.9 Å². The third-order valence-corrected chi connectivity index (χ3v) is 4.98. The van der Waals surface area contributed by atoms with Crippen LogP contribution in [0.5, 0.6) is 0 Å². The fraction of sp³-hybridized carbons (Fsp3) is 0.222. The predicted octanol–water partition coefficient (Wildman–Crippen LogP) is 3.15. The Bertz CT molecular complexity index is 1010. The van der Waals surface area contributed by atoms with Crippen LogP contribution in [0.25, 0.3) is 22.8 Å². The number of hydrogen-bond donors (Lipinski definition) is 0. The Kier molecular flexibility index (Phi) is 5.63. The van der Waals surface area contributed by atoms with Crippen molar-refractivity contribution in [3.8, 4) is 5.69 Å². The summed E-state index contributed by atoms with van der Waals surface area (Å²) in [7, 11) is 3.83. The van der Waals surface area contributed by atoms with Gasteiger partial charge in [0.2, 0.25) is 0 Å². The molecule has 0 bridgehead atoms. The van der Waals surface area contributed by atoms with Crippen molar-refractivity contribution in [3.05, 3.63) is 52.8 Å². The minimum Gasteiger partial charge on any atom is -0.383 e. The summed E-state index contributed by atoms with van der Waals surface area (Å²) in [5.74, 6) is 0.